The van der Waals surface area contributed by atoms with Gasteiger partial charge in [0.05, 0.1) is 22.8 Å². The molecule has 0 atom stereocenters. The molecule has 2 N–H and O–H groups in total. The number of methoxy groups -OCH3 is 1. The number of nitrogens with one attached hydrogen (secondary N) is 2. The molecule has 0 unspecified atom stereocenters. The zero-order chi connectivity index (χ0) is 26.7. The van der Waals surface area contributed by atoms with Gasteiger partial charge >= 0.3 is 6.03 Å². The largest absolute Gasteiger partial charge is 0.495 e. The highest BCUT2D eigenvalue weighted by Gasteiger charge is 2.25. The maximum Gasteiger partial charge on any atom is 0.327 e. The number of hydrogen-bond acceptors (Lipinski definition) is 7. The van der Waals surface area contributed by atoms with E-state index in [1.807, 2.05) is 0 Å². The highest BCUT2D eigenvalue weighted by Crippen LogP contribution is 2.41. The minimum Gasteiger partial charge on any atom is -0.495 e. The fourth-order valence-corrected chi connectivity index (χ4v) is 4.72. The van der Waals surface area contributed by atoms with E-state index in [2.05, 4.69) is 24.7 Å². The molecule has 2 amide bonds. The summed E-state index contributed by atoms with van der Waals surface area (Å²) in [6.07, 6.45) is 2.30. The first-order chi connectivity index (χ1) is 17.6. The summed E-state index contributed by atoms with van der Waals surface area (Å²) in [5.74, 6) is -0.275. The number of pyridine rings is 1. The Morgan fingerprint density at radius 3 is 2.49 bits per heavy atom. The van der Waals surface area contributed by atoms with Gasteiger partial charge < -0.3 is 14.6 Å². The first-order valence-corrected chi connectivity index (χ1v) is 12.6. The van der Waals surface area contributed by atoms with Crippen molar-refractivity contribution in [3.8, 4) is 16.9 Å². The number of aromatic nitrogens is 2. The Balaban J connectivity index is 1.75. The van der Waals surface area contributed by atoms with Crippen molar-refractivity contribution in [2.24, 2.45) is 0 Å². The van der Waals surface area contributed by atoms with Gasteiger partial charge in [-0.3, -0.25) is 4.72 Å². The van der Waals surface area contributed by atoms with Gasteiger partial charge in [0, 0.05) is 24.9 Å². The van der Waals surface area contributed by atoms with Crippen LogP contribution >= 0.6 is 23.2 Å². The number of carbonyl (C=O) groups excluding carboxylic acids is 1. The van der Waals surface area contributed by atoms with E-state index in [0.717, 1.165) is 11.1 Å². The Bertz CT molecular complexity index is 1550. The molecule has 0 radical (unpaired) electrons. The Morgan fingerprint density at radius 2 is 1.89 bits per heavy atom. The van der Waals surface area contributed by atoms with Crippen LogP contribution in [0.5, 0.6) is 5.75 Å². The van der Waals surface area contributed by atoms with Gasteiger partial charge in [0.25, 0.3) is 10.0 Å². The second-order valence-electron chi connectivity index (χ2n) is 7.37. The molecule has 4 aromatic rings. The van der Waals surface area contributed by atoms with Gasteiger partial charge in [-0.1, -0.05) is 34.4 Å². The molecule has 4 rings (SSSR count). The molecular weight excluding hydrogens is 548 g/mol. The summed E-state index contributed by atoms with van der Waals surface area (Å²) in [5.41, 5.74) is 1.22. The summed E-state index contributed by atoms with van der Waals surface area (Å²) in [6, 6.07) is 10.5. The van der Waals surface area contributed by atoms with E-state index in [1.165, 1.54) is 62.9 Å². The number of carbonyl (C=O) groups is 1. The lowest BCUT2D eigenvalue weighted by atomic mass is 10.0. The van der Waals surface area contributed by atoms with E-state index >= 15 is 0 Å². The van der Waals surface area contributed by atoms with Crippen molar-refractivity contribution in [2.75, 3.05) is 23.8 Å². The average Bonchev–Trinajstić information content (AvgIpc) is 3.38. The van der Waals surface area contributed by atoms with Crippen LogP contribution in [0.25, 0.3) is 11.1 Å². The number of amides is 2. The lowest BCUT2D eigenvalue weighted by molar-refractivity contribution is 0.250. The number of halogens is 3. The van der Waals surface area contributed by atoms with Crippen LogP contribution in [0.1, 0.15) is 0 Å². The van der Waals surface area contributed by atoms with E-state index in [1.54, 1.807) is 6.07 Å². The van der Waals surface area contributed by atoms with Crippen molar-refractivity contribution in [1.29, 1.82) is 0 Å². The van der Waals surface area contributed by atoms with Gasteiger partial charge in [-0.2, -0.15) is 0 Å². The maximum atomic E-state index is 13.6. The molecule has 37 heavy (non-hydrogen) atoms. The van der Waals surface area contributed by atoms with Gasteiger partial charge in [-0.25, -0.2) is 27.5 Å². The van der Waals surface area contributed by atoms with E-state index < -0.39 is 21.9 Å². The third-order valence-electron chi connectivity index (χ3n) is 5.09. The number of nitrogens with zero attached hydrogens (tertiary/aromatic N) is 3. The summed E-state index contributed by atoms with van der Waals surface area (Å²) >= 11 is 12.5. The van der Waals surface area contributed by atoms with Gasteiger partial charge in [-0.15, -0.1) is 0 Å². The van der Waals surface area contributed by atoms with E-state index in [-0.39, 0.29) is 38.0 Å². The zero-order valence-corrected chi connectivity index (χ0v) is 21.5. The number of hydrogen-bond donors (Lipinski definition) is 2. The fourth-order valence-electron chi connectivity index (χ4n) is 3.34. The van der Waals surface area contributed by atoms with E-state index in [9.17, 15) is 17.6 Å². The third-order valence-corrected chi connectivity index (χ3v) is 7.04. The molecule has 0 saturated heterocycles. The molecule has 0 bridgehead atoms. The van der Waals surface area contributed by atoms with Gasteiger partial charge in [0.15, 0.2) is 5.82 Å². The fraction of sp³-hybridized carbons (Fsp3) is 0.0870. The summed E-state index contributed by atoms with van der Waals surface area (Å²) in [7, 11) is -1.20. The molecule has 2 aromatic heterocycles. The average molecular weight is 566 g/mol. The van der Waals surface area contributed by atoms with E-state index in [0.29, 0.717) is 11.1 Å². The monoisotopic (exact) mass is 565 g/mol. The molecule has 0 spiro atoms. The lowest BCUT2D eigenvalue weighted by Gasteiger charge is -2.24. The Kier molecular flexibility index (Phi) is 7.52. The van der Waals surface area contributed by atoms with Crippen LogP contribution < -0.4 is 19.7 Å². The predicted molar refractivity (Wildman–Crippen MR) is 137 cm³/mol. The molecule has 0 aliphatic carbocycles. The number of ether oxygens (including phenoxy) is 1. The first kappa shape index (κ1) is 26.2. The topological polar surface area (TPSA) is 127 Å². The molecule has 2 heterocycles. The first-order valence-electron chi connectivity index (χ1n) is 10.4. The number of urea groups is 1. The molecule has 192 valence electrons. The molecule has 10 nitrogen and oxygen atoms in total. The molecule has 14 heteroatoms. The van der Waals surface area contributed by atoms with Crippen molar-refractivity contribution < 1.29 is 26.9 Å². The number of sulfonamides is 1. The van der Waals surface area contributed by atoms with E-state index in [4.69, 9.17) is 27.9 Å². The normalized spacial score (nSPS) is 11.2. The summed E-state index contributed by atoms with van der Waals surface area (Å²) < 4.78 is 51.2. The highest BCUT2D eigenvalue weighted by atomic mass is 35.5. The number of rotatable bonds is 7. The van der Waals surface area contributed by atoms with Crippen molar-refractivity contribution in [3.05, 3.63) is 76.9 Å². The van der Waals surface area contributed by atoms with Crippen molar-refractivity contribution in [2.45, 2.75) is 4.90 Å². The molecular formula is C23H18Cl2FN5O5S. The van der Waals surface area contributed by atoms with Crippen LogP contribution in [0.4, 0.5) is 26.5 Å². The molecule has 0 aliphatic heterocycles. The smallest absolute Gasteiger partial charge is 0.327 e. The standard InChI is InChI=1S/C23H18Cl2FN5O5S/c1-27-23(32)31(22-6-4-14(12-28-22)37(33,34)30-21-7-8-36-29-21)19-11-16(24)15(10-20(19)35-2)13-3-5-18(26)17(25)9-13/h3-12H,1-2H3,(H,27,32)(H,29,30). The third kappa shape index (κ3) is 5.45. The zero-order valence-electron chi connectivity index (χ0n) is 19.2. The lowest BCUT2D eigenvalue weighted by Crippen LogP contribution is -2.35. The number of benzene rings is 2. The van der Waals surface area contributed by atoms with Crippen LogP contribution in [-0.2, 0) is 10.0 Å². The SMILES string of the molecule is CNC(=O)N(c1ccc(S(=O)(=O)Nc2ccon2)cn1)c1cc(Cl)c(-c2ccc(F)c(Cl)c2)cc1OC. The van der Waals surface area contributed by atoms with Crippen LogP contribution in [0, 0.1) is 5.82 Å². The number of anilines is 3. The maximum absolute atomic E-state index is 13.6. The summed E-state index contributed by atoms with van der Waals surface area (Å²) in [4.78, 5) is 18.0. The summed E-state index contributed by atoms with van der Waals surface area (Å²) in [6.45, 7) is 0. The second-order valence-corrected chi connectivity index (χ2v) is 9.86. The second kappa shape index (κ2) is 10.6. The van der Waals surface area contributed by atoms with Crippen LogP contribution in [0.3, 0.4) is 0 Å². The van der Waals surface area contributed by atoms with Gasteiger partial charge in [0.2, 0.25) is 0 Å². The van der Waals surface area contributed by atoms with Crippen LogP contribution in [-0.4, -0.2) is 38.7 Å². The highest BCUT2D eigenvalue weighted by molar-refractivity contribution is 7.92. The predicted octanol–water partition coefficient (Wildman–Crippen LogP) is 5.47. The minimum absolute atomic E-state index is 0.00188. The summed E-state index contributed by atoms with van der Waals surface area (Å²) in [5, 5.41) is 6.15. The van der Waals surface area contributed by atoms with Gasteiger partial charge in [0.1, 0.15) is 28.5 Å². The van der Waals surface area contributed by atoms with Crippen LogP contribution in [0.2, 0.25) is 10.0 Å². The Morgan fingerprint density at radius 1 is 1.11 bits per heavy atom. The van der Waals surface area contributed by atoms with Crippen molar-refractivity contribution in [3.63, 3.8) is 0 Å². The molecule has 0 fully saturated rings. The van der Waals surface area contributed by atoms with Gasteiger partial charge in [-0.05, 0) is 42.0 Å². The molecule has 2 aromatic carbocycles. The molecule has 0 aliphatic rings. The minimum atomic E-state index is -4.02. The van der Waals surface area contributed by atoms with Crippen LogP contribution in [0.15, 0.2) is 70.4 Å². The van der Waals surface area contributed by atoms with Crippen molar-refractivity contribution in [1.82, 2.24) is 15.5 Å². The Hall–Kier alpha value is -3.87. The molecule has 0 saturated carbocycles. The quantitative estimate of drug-likeness (QED) is 0.304. The Labute approximate surface area is 221 Å². The van der Waals surface area contributed by atoms with Crippen molar-refractivity contribution >= 4 is 56.6 Å².